The third-order valence-electron chi connectivity index (χ3n) is 9.52. The highest BCUT2D eigenvalue weighted by molar-refractivity contribution is 6.10. The Morgan fingerprint density at radius 1 is 1.13 bits per heavy atom. The molecule has 0 unspecified atom stereocenters. The Labute approximate surface area is 259 Å². The van der Waals surface area contributed by atoms with Gasteiger partial charge in [0.25, 0.3) is 0 Å². The van der Waals surface area contributed by atoms with Crippen LogP contribution in [0.3, 0.4) is 0 Å². The van der Waals surface area contributed by atoms with Crippen molar-refractivity contribution in [3.05, 3.63) is 60.1 Å². The minimum atomic E-state index is -4.66. The smallest absolute Gasteiger partial charge is 0.367 e. The van der Waals surface area contributed by atoms with Crippen molar-refractivity contribution in [2.75, 3.05) is 61.0 Å². The molecule has 0 N–H and O–H groups in total. The second-order valence-electron chi connectivity index (χ2n) is 12.5. The summed E-state index contributed by atoms with van der Waals surface area (Å²) in [5.74, 6) is -2.28. The molecule has 6 rings (SSSR count). The zero-order valence-corrected chi connectivity index (χ0v) is 25.3. The van der Waals surface area contributed by atoms with E-state index in [4.69, 9.17) is 0 Å². The molecule has 9 nitrogen and oxygen atoms in total. The predicted octanol–water partition coefficient (Wildman–Crippen LogP) is 3.86. The summed E-state index contributed by atoms with van der Waals surface area (Å²) in [6.07, 6.45) is -1.59. The molecule has 45 heavy (non-hydrogen) atoms. The summed E-state index contributed by atoms with van der Waals surface area (Å²) in [5, 5.41) is 0. The van der Waals surface area contributed by atoms with Crippen molar-refractivity contribution < 1.29 is 31.9 Å². The van der Waals surface area contributed by atoms with Gasteiger partial charge in [-0.2, -0.15) is 13.2 Å². The van der Waals surface area contributed by atoms with E-state index in [2.05, 4.69) is 16.5 Å². The number of aryl methyl sites for hydroxylation is 1. The number of piperidine rings is 1. The fraction of sp³-hybridized carbons (Fsp3) is 0.500. The molecule has 4 aliphatic rings. The number of fused-ring (bicyclic) bond motifs is 2. The molecule has 3 fully saturated rings. The van der Waals surface area contributed by atoms with Gasteiger partial charge in [-0.25, -0.2) is 9.37 Å². The molecular weight excluding hydrogens is 592 g/mol. The van der Waals surface area contributed by atoms with Gasteiger partial charge in [0.15, 0.2) is 0 Å². The minimum absolute atomic E-state index is 0.0714. The Kier molecular flexibility index (Phi) is 8.09. The van der Waals surface area contributed by atoms with Crippen molar-refractivity contribution in [1.82, 2.24) is 14.8 Å². The number of pyridine rings is 1. The highest BCUT2D eigenvalue weighted by Gasteiger charge is 2.50. The number of para-hydroxylation sites is 1. The van der Waals surface area contributed by atoms with Gasteiger partial charge in [0.05, 0.1) is 16.9 Å². The fourth-order valence-corrected chi connectivity index (χ4v) is 7.31. The van der Waals surface area contributed by atoms with Gasteiger partial charge in [0.1, 0.15) is 17.7 Å². The number of benzene rings is 1. The topological polar surface area (TPSA) is 80.3 Å². The second kappa shape index (κ2) is 11.7. The van der Waals surface area contributed by atoms with Gasteiger partial charge in [-0.1, -0.05) is 12.6 Å². The molecule has 13 heteroatoms. The van der Waals surface area contributed by atoms with Crippen LogP contribution in [-0.2, 0) is 20.6 Å². The molecule has 0 aliphatic carbocycles. The molecule has 0 bridgehead atoms. The highest BCUT2D eigenvalue weighted by Crippen LogP contribution is 2.42. The summed E-state index contributed by atoms with van der Waals surface area (Å²) in [4.78, 5) is 52.1. The van der Waals surface area contributed by atoms with Gasteiger partial charge in [-0.15, -0.1) is 0 Å². The van der Waals surface area contributed by atoms with E-state index in [1.807, 2.05) is 4.90 Å². The molecule has 0 radical (unpaired) electrons. The van der Waals surface area contributed by atoms with Crippen LogP contribution in [0.5, 0.6) is 0 Å². The van der Waals surface area contributed by atoms with Crippen molar-refractivity contribution in [3.63, 3.8) is 0 Å². The van der Waals surface area contributed by atoms with Crippen LogP contribution in [0.4, 0.5) is 34.8 Å². The number of rotatable bonds is 5. The molecule has 4 aliphatic heterocycles. The van der Waals surface area contributed by atoms with Crippen LogP contribution >= 0.6 is 0 Å². The van der Waals surface area contributed by atoms with Crippen LogP contribution in [0.1, 0.15) is 30.5 Å². The Morgan fingerprint density at radius 2 is 1.89 bits per heavy atom. The number of aromatic nitrogens is 1. The molecule has 240 valence electrons. The Morgan fingerprint density at radius 3 is 2.60 bits per heavy atom. The summed E-state index contributed by atoms with van der Waals surface area (Å²) in [6, 6.07) is 5.35. The standard InChI is InChI=1S/C32H36F4N6O3/c1-4-27(43)40-17-23(18-40)39-10-6-7-20(14-39)15-41-16-21-12-28(44)42(26-13-22(32(34,35)36)11-19(2)37-26)29(21)31(45)38(3)25-9-5-8-24(33)30(25)41/h4-5,8-9,11,13,20-21,23,29H,1,6-7,10,12,14-18H2,2-3H3/t20-,21+,29-/m0/s1. The first kappa shape index (κ1) is 31.0. The number of anilines is 3. The number of hydrogen-bond acceptors (Lipinski definition) is 6. The number of alkyl halides is 3. The zero-order valence-electron chi connectivity index (χ0n) is 25.3. The third-order valence-corrected chi connectivity index (χ3v) is 9.52. The van der Waals surface area contributed by atoms with Gasteiger partial charge < -0.3 is 14.7 Å². The maximum absolute atomic E-state index is 15.6. The third kappa shape index (κ3) is 5.78. The molecule has 2 aromatic rings. The van der Waals surface area contributed by atoms with Crippen LogP contribution in [0.2, 0.25) is 0 Å². The van der Waals surface area contributed by atoms with Gasteiger partial charge in [0.2, 0.25) is 17.7 Å². The zero-order chi connectivity index (χ0) is 32.2. The number of hydrogen-bond donors (Lipinski definition) is 0. The number of likely N-dealkylation sites (tertiary alicyclic amines) is 2. The summed E-state index contributed by atoms with van der Waals surface area (Å²) in [6.45, 7) is 8.52. The minimum Gasteiger partial charge on any atom is -0.367 e. The lowest BCUT2D eigenvalue weighted by atomic mass is 9.91. The summed E-state index contributed by atoms with van der Waals surface area (Å²) in [5.41, 5.74) is -0.278. The Balaban J connectivity index is 1.30. The van der Waals surface area contributed by atoms with E-state index in [0.29, 0.717) is 25.3 Å². The molecule has 5 heterocycles. The van der Waals surface area contributed by atoms with Crippen molar-refractivity contribution in [3.8, 4) is 0 Å². The van der Waals surface area contributed by atoms with Crippen LogP contribution < -0.4 is 14.7 Å². The summed E-state index contributed by atoms with van der Waals surface area (Å²) >= 11 is 0. The summed E-state index contributed by atoms with van der Waals surface area (Å²) in [7, 11) is 1.50. The van der Waals surface area contributed by atoms with Crippen molar-refractivity contribution in [1.29, 1.82) is 0 Å². The average molecular weight is 629 g/mol. The van der Waals surface area contributed by atoms with Gasteiger partial charge in [-0.05, 0) is 62.6 Å². The van der Waals surface area contributed by atoms with Gasteiger partial charge >= 0.3 is 6.18 Å². The van der Waals surface area contributed by atoms with Gasteiger partial charge in [0, 0.05) is 63.8 Å². The SMILES string of the molecule is C=CC(=O)N1CC(N2CCC[C@H](CN3C[C@H]4CC(=O)N(c5cc(C(F)(F)F)cc(C)n5)[C@@H]4C(=O)N(C)c4cccc(F)c43)C2)C1. The quantitative estimate of drug-likeness (QED) is 0.370. The fourth-order valence-electron chi connectivity index (χ4n) is 7.31. The Bertz CT molecular complexity index is 1530. The average Bonchev–Trinajstić information content (AvgIpc) is 3.29. The predicted molar refractivity (Wildman–Crippen MR) is 160 cm³/mol. The van der Waals surface area contributed by atoms with Crippen molar-refractivity contribution >= 4 is 34.9 Å². The number of nitrogens with zero attached hydrogens (tertiary/aromatic N) is 6. The van der Waals surface area contributed by atoms with E-state index in [1.165, 1.54) is 37.1 Å². The molecule has 0 spiro atoms. The van der Waals surface area contributed by atoms with E-state index < -0.39 is 41.3 Å². The second-order valence-corrected chi connectivity index (χ2v) is 12.5. The van der Waals surface area contributed by atoms with E-state index >= 15 is 4.39 Å². The highest BCUT2D eigenvalue weighted by atomic mass is 19.4. The molecule has 1 aromatic carbocycles. The van der Waals surface area contributed by atoms with Crippen LogP contribution in [0, 0.1) is 24.6 Å². The largest absolute Gasteiger partial charge is 0.416 e. The lowest BCUT2D eigenvalue weighted by Crippen LogP contribution is -2.62. The monoisotopic (exact) mass is 628 g/mol. The number of carbonyl (C=O) groups is 3. The van der Waals surface area contributed by atoms with Crippen molar-refractivity contribution in [2.24, 2.45) is 11.8 Å². The normalized spacial score (nSPS) is 24.6. The maximum Gasteiger partial charge on any atom is 0.416 e. The van der Waals surface area contributed by atoms with Crippen LogP contribution in [0.15, 0.2) is 43.0 Å². The lowest BCUT2D eigenvalue weighted by Gasteiger charge is -2.48. The number of amides is 3. The van der Waals surface area contributed by atoms with Gasteiger partial charge in [-0.3, -0.25) is 24.2 Å². The van der Waals surface area contributed by atoms with Crippen LogP contribution in [0.25, 0.3) is 0 Å². The first-order valence-corrected chi connectivity index (χ1v) is 15.2. The Hall–Kier alpha value is -4.00. The first-order chi connectivity index (χ1) is 21.3. The summed E-state index contributed by atoms with van der Waals surface area (Å²) < 4.78 is 56.7. The molecule has 1 aromatic heterocycles. The number of likely N-dealkylation sites (N-methyl/N-ethyl adjacent to an activating group) is 1. The number of carbonyl (C=O) groups excluding carboxylic acids is 3. The van der Waals surface area contributed by atoms with E-state index in [-0.39, 0.29) is 48.0 Å². The molecule has 3 amide bonds. The molecule has 3 atom stereocenters. The first-order valence-electron chi connectivity index (χ1n) is 15.2. The van der Waals surface area contributed by atoms with E-state index in [1.54, 1.807) is 11.0 Å². The van der Waals surface area contributed by atoms with E-state index in [0.717, 1.165) is 43.0 Å². The van der Waals surface area contributed by atoms with Crippen molar-refractivity contribution in [2.45, 2.75) is 44.4 Å². The molecular formula is C32H36F4N6O3. The molecule has 3 saturated heterocycles. The lowest BCUT2D eigenvalue weighted by molar-refractivity contribution is -0.137. The van der Waals surface area contributed by atoms with E-state index in [9.17, 15) is 27.6 Å². The van der Waals surface area contributed by atoms with Crippen LogP contribution in [-0.4, -0.2) is 90.9 Å². The maximum atomic E-state index is 15.6. The number of halogens is 4. The molecule has 0 saturated carbocycles.